The van der Waals surface area contributed by atoms with E-state index in [1.807, 2.05) is 12.1 Å². The van der Waals surface area contributed by atoms with Crippen LogP contribution < -0.4 is 4.74 Å². The van der Waals surface area contributed by atoms with Gasteiger partial charge in [0.15, 0.2) is 0 Å². The fourth-order valence-corrected chi connectivity index (χ4v) is 3.29. The van der Waals surface area contributed by atoms with Crippen LogP contribution in [0.25, 0.3) is 0 Å². The minimum atomic E-state index is -0.511. The summed E-state index contributed by atoms with van der Waals surface area (Å²) >= 11 is 6.24. The molecule has 1 unspecified atom stereocenters. The summed E-state index contributed by atoms with van der Waals surface area (Å²) in [7, 11) is 0. The van der Waals surface area contributed by atoms with Gasteiger partial charge in [0.05, 0.1) is 23.3 Å². The van der Waals surface area contributed by atoms with Gasteiger partial charge in [-0.05, 0) is 43.9 Å². The Hall–Kier alpha value is -0.770. The molecule has 1 saturated heterocycles. The normalized spacial score (nSPS) is 26.1. The quantitative estimate of drug-likeness (QED) is 0.920. The Balaban J connectivity index is 1.68. The van der Waals surface area contributed by atoms with Crippen molar-refractivity contribution in [3.8, 4) is 5.75 Å². The van der Waals surface area contributed by atoms with Crippen molar-refractivity contribution in [1.29, 1.82) is 0 Å². The lowest BCUT2D eigenvalue weighted by Crippen LogP contribution is -2.48. The van der Waals surface area contributed by atoms with Crippen molar-refractivity contribution in [2.75, 3.05) is 6.61 Å². The van der Waals surface area contributed by atoms with Crippen LogP contribution in [-0.2, 0) is 4.74 Å². The maximum Gasteiger partial charge on any atom is 0.138 e. The summed E-state index contributed by atoms with van der Waals surface area (Å²) in [4.78, 5) is 0. The van der Waals surface area contributed by atoms with Crippen molar-refractivity contribution in [1.82, 2.24) is 0 Å². The molecule has 1 aromatic carbocycles. The Labute approximate surface area is 124 Å². The Morgan fingerprint density at radius 1 is 1.45 bits per heavy atom. The summed E-state index contributed by atoms with van der Waals surface area (Å²) in [5, 5.41) is 10.1. The Morgan fingerprint density at radius 3 is 2.85 bits per heavy atom. The van der Waals surface area contributed by atoms with Gasteiger partial charge < -0.3 is 14.6 Å². The third-order valence-electron chi connectivity index (χ3n) is 4.44. The van der Waals surface area contributed by atoms with Crippen LogP contribution >= 0.6 is 11.6 Å². The van der Waals surface area contributed by atoms with Crippen LogP contribution in [0.4, 0.5) is 0 Å². The van der Waals surface area contributed by atoms with Gasteiger partial charge in [0.25, 0.3) is 0 Å². The van der Waals surface area contributed by atoms with Gasteiger partial charge in [0, 0.05) is 12.8 Å². The van der Waals surface area contributed by atoms with E-state index in [0.717, 1.165) is 37.9 Å². The molecule has 2 aliphatic rings. The van der Waals surface area contributed by atoms with Crippen molar-refractivity contribution in [2.24, 2.45) is 0 Å². The van der Waals surface area contributed by atoms with Gasteiger partial charge in [-0.1, -0.05) is 17.7 Å². The van der Waals surface area contributed by atoms with E-state index in [9.17, 15) is 5.11 Å². The second-order valence-corrected chi connectivity index (χ2v) is 6.39. The number of hydrogen-bond donors (Lipinski definition) is 1. The zero-order chi connectivity index (χ0) is 14.2. The van der Waals surface area contributed by atoms with Crippen LogP contribution in [-0.4, -0.2) is 23.4 Å². The second kappa shape index (κ2) is 5.55. The first kappa shape index (κ1) is 14.2. The molecule has 1 aromatic rings. The summed E-state index contributed by atoms with van der Waals surface area (Å²) in [5.41, 5.74) is 0.888. The third-order valence-corrected chi connectivity index (χ3v) is 4.74. The number of halogens is 1. The molecule has 0 radical (unpaired) electrons. The van der Waals surface area contributed by atoms with Crippen molar-refractivity contribution in [3.05, 3.63) is 28.8 Å². The van der Waals surface area contributed by atoms with Crippen molar-refractivity contribution >= 4 is 11.6 Å². The first-order chi connectivity index (χ1) is 9.58. The topological polar surface area (TPSA) is 38.7 Å². The molecule has 1 heterocycles. The molecule has 1 aliphatic heterocycles. The molecule has 20 heavy (non-hydrogen) atoms. The largest absolute Gasteiger partial charge is 0.489 e. The predicted octanol–water partition coefficient (Wildman–Crippen LogP) is 3.87. The zero-order valence-electron chi connectivity index (χ0n) is 11.8. The Morgan fingerprint density at radius 2 is 2.25 bits per heavy atom. The van der Waals surface area contributed by atoms with Gasteiger partial charge in [-0.25, -0.2) is 0 Å². The molecule has 4 heteroatoms. The number of hydrogen-bond acceptors (Lipinski definition) is 3. The highest BCUT2D eigenvalue weighted by Gasteiger charge is 2.43. The van der Waals surface area contributed by atoms with Gasteiger partial charge in [0.1, 0.15) is 11.9 Å². The number of rotatable bonds is 3. The van der Waals surface area contributed by atoms with Crippen LogP contribution in [0.5, 0.6) is 5.75 Å². The highest BCUT2D eigenvalue weighted by molar-refractivity contribution is 6.32. The summed E-state index contributed by atoms with van der Waals surface area (Å²) in [6, 6.07) is 5.50. The van der Waals surface area contributed by atoms with Crippen LogP contribution in [0, 0.1) is 0 Å². The van der Waals surface area contributed by atoms with Gasteiger partial charge in [-0.2, -0.15) is 0 Å². The Kier molecular flexibility index (Phi) is 3.93. The molecule has 3 rings (SSSR count). The number of benzene rings is 1. The average Bonchev–Trinajstić information content (AvgIpc) is 2.39. The van der Waals surface area contributed by atoms with Gasteiger partial charge in [-0.15, -0.1) is 0 Å². The first-order valence-electron chi connectivity index (χ1n) is 7.36. The van der Waals surface area contributed by atoms with Gasteiger partial charge >= 0.3 is 0 Å². The SMILES string of the molecule is C[C@H](O)c1ccc(OC2CCOC3(CCC3)C2)c(Cl)c1. The van der Waals surface area contributed by atoms with Gasteiger partial charge in [-0.3, -0.25) is 0 Å². The first-order valence-corrected chi connectivity index (χ1v) is 7.74. The van der Waals surface area contributed by atoms with Crippen molar-refractivity contribution in [3.63, 3.8) is 0 Å². The molecule has 1 N–H and O–H groups in total. The van der Waals surface area contributed by atoms with E-state index in [0.29, 0.717) is 10.8 Å². The second-order valence-electron chi connectivity index (χ2n) is 5.98. The zero-order valence-corrected chi connectivity index (χ0v) is 12.5. The van der Waals surface area contributed by atoms with Gasteiger partial charge in [0.2, 0.25) is 0 Å². The highest BCUT2D eigenvalue weighted by atomic mass is 35.5. The molecule has 3 nitrogen and oxygen atoms in total. The molecular formula is C16H21ClO3. The predicted molar refractivity (Wildman–Crippen MR) is 78.3 cm³/mol. The van der Waals surface area contributed by atoms with E-state index < -0.39 is 6.10 Å². The summed E-state index contributed by atoms with van der Waals surface area (Å²) in [6.07, 6.45) is 5.11. The highest BCUT2D eigenvalue weighted by Crippen LogP contribution is 2.43. The molecule has 1 spiro atoms. The third kappa shape index (κ3) is 2.80. The van der Waals surface area contributed by atoms with Crippen molar-refractivity contribution < 1.29 is 14.6 Å². The smallest absolute Gasteiger partial charge is 0.138 e. The van der Waals surface area contributed by atoms with Crippen molar-refractivity contribution in [2.45, 2.75) is 56.8 Å². The monoisotopic (exact) mass is 296 g/mol. The van der Waals surface area contributed by atoms with E-state index in [2.05, 4.69) is 0 Å². The standard InChI is InChI=1S/C16H21ClO3/c1-11(18)12-3-4-15(14(17)9-12)20-13-5-8-19-16(10-13)6-2-7-16/h3-4,9,11,13,18H,2,5-8,10H2,1H3/t11-,13?/m0/s1. The summed E-state index contributed by atoms with van der Waals surface area (Å²) in [6.45, 7) is 2.50. The van der Waals surface area contributed by atoms with E-state index in [1.54, 1.807) is 13.0 Å². The van der Waals surface area contributed by atoms with E-state index >= 15 is 0 Å². The minimum Gasteiger partial charge on any atom is -0.489 e. The number of ether oxygens (including phenoxy) is 2. The lowest BCUT2D eigenvalue weighted by molar-refractivity contribution is -0.153. The molecule has 2 atom stereocenters. The molecular weight excluding hydrogens is 276 g/mol. The molecule has 1 saturated carbocycles. The fraction of sp³-hybridized carbons (Fsp3) is 0.625. The number of aliphatic hydroxyl groups excluding tert-OH is 1. The fourth-order valence-electron chi connectivity index (χ4n) is 3.06. The molecule has 0 amide bonds. The molecule has 1 aliphatic carbocycles. The lowest BCUT2D eigenvalue weighted by atomic mass is 9.74. The van der Waals surface area contributed by atoms with Crippen LogP contribution in [0.1, 0.15) is 50.7 Å². The van der Waals surface area contributed by atoms with E-state index in [-0.39, 0.29) is 11.7 Å². The van der Waals surface area contributed by atoms with Crippen LogP contribution in [0.3, 0.4) is 0 Å². The van der Waals surface area contributed by atoms with E-state index in [4.69, 9.17) is 21.1 Å². The maximum absolute atomic E-state index is 9.55. The Bertz CT molecular complexity index is 483. The molecule has 0 aromatic heterocycles. The maximum atomic E-state index is 9.55. The minimum absolute atomic E-state index is 0.0783. The van der Waals surface area contributed by atoms with Crippen LogP contribution in [0.2, 0.25) is 5.02 Å². The van der Waals surface area contributed by atoms with Crippen LogP contribution in [0.15, 0.2) is 18.2 Å². The average molecular weight is 297 g/mol. The van der Waals surface area contributed by atoms with E-state index in [1.165, 1.54) is 6.42 Å². The summed E-state index contributed by atoms with van der Waals surface area (Å²) in [5.74, 6) is 0.706. The molecule has 2 fully saturated rings. The summed E-state index contributed by atoms with van der Waals surface area (Å²) < 4.78 is 12.0. The lowest BCUT2D eigenvalue weighted by Gasteiger charge is -2.46. The molecule has 0 bridgehead atoms. The molecule has 110 valence electrons. The number of aliphatic hydroxyl groups is 1.